The van der Waals surface area contributed by atoms with Crippen molar-refractivity contribution in [1.29, 1.82) is 0 Å². The first-order chi connectivity index (χ1) is 17.7. The lowest BCUT2D eigenvalue weighted by Crippen LogP contribution is -2.52. The molecular weight excluding hydrogens is 611 g/mol. The van der Waals surface area contributed by atoms with Gasteiger partial charge in [0.15, 0.2) is 0 Å². The van der Waals surface area contributed by atoms with E-state index in [4.69, 9.17) is 11.6 Å². The molecule has 38 heavy (non-hydrogen) atoms. The SMILES string of the molecule is C[C@@H](C(=O)NC1CCCC1)N(Cc1cccc(Br)c1)C(=O)CN(c1ccc(Cl)c(C(F)(F)F)c1)S(C)(=O)=O. The van der Waals surface area contributed by atoms with Crippen LogP contribution in [0.5, 0.6) is 0 Å². The molecule has 1 aliphatic carbocycles. The smallest absolute Gasteiger partial charge is 0.352 e. The molecule has 2 aromatic carbocycles. The van der Waals surface area contributed by atoms with E-state index in [1.165, 1.54) is 11.8 Å². The average molecular weight is 639 g/mol. The largest absolute Gasteiger partial charge is 0.417 e. The number of benzene rings is 2. The van der Waals surface area contributed by atoms with Gasteiger partial charge in [0.05, 0.1) is 22.5 Å². The number of rotatable bonds is 9. The van der Waals surface area contributed by atoms with Crippen molar-refractivity contribution in [3.8, 4) is 0 Å². The molecule has 0 unspecified atom stereocenters. The minimum atomic E-state index is -4.83. The summed E-state index contributed by atoms with van der Waals surface area (Å²) in [4.78, 5) is 27.9. The second kappa shape index (κ2) is 12.3. The minimum absolute atomic E-state index is 0.00449. The molecule has 1 saturated carbocycles. The van der Waals surface area contributed by atoms with E-state index >= 15 is 0 Å². The van der Waals surface area contributed by atoms with Gasteiger partial charge >= 0.3 is 6.18 Å². The van der Waals surface area contributed by atoms with Gasteiger partial charge in [-0.25, -0.2) is 8.42 Å². The van der Waals surface area contributed by atoms with Crippen LogP contribution in [0.1, 0.15) is 43.7 Å². The monoisotopic (exact) mass is 637 g/mol. The van der Waals surface area contributed by atoms with Crippen LogP contribution in [0.2, 0.25) is 5.02 Å². The maximum absolute atomic E-state index is 13.6. The fourth-order valence-corrected chi connectivity index (χ4v) is 5.82. The normalized spacial score (nSPS) is 15.2. The van der Waals surface area contributed by atoms with Gasteiger partial charge in [-0.15, -0.1) is 0 Å². The van der Waals surface area contributed by atoms with Crippen LogP contribution in [0, 0.1) is 0 Å². The Hall–Kier alpha value is -2.31. The van der Waals surface area contributed by atoms with Crippen LogP contribution in [-0.4, -0.2) is 50.0 Å². The Kier molecular flexibility index (Phi) is 9.75. The third-order valence-corrected chi connectivity index (χ3v) is 8.30. The van der Waals surface area contributed by atoms with Gasteiger partial charge in [0.25, 0.3) is 0 Å². The molecule has 7 nitrogen and oxygen atoms in total. The van der Waals surface area contributed by atoms with Crippen LogP contribution in [-0.2, 0) is 32.3 Å². The highest BCUT2D eigenvalue weighted by Crippen LogP contribution is 2.37. The van der Waals surface area contributed by atoms with E-state index in [0.717, 1.165) is 48.5 Å². The van der Waals surface area contributed by atoms with Crippen LogP contribution in [0.25, 0.3) is 0 Å². The lowest BCUT2D eigenvalue weighted by Gasteiger charge is -2.32. The Bertz CT molecular complexity index is 1290. The zero-order valence-electron chi connectivity index (χ0n) is 20.8. The number of carbonyl (C=O) groups is 2. The summed E-state index contributed by atoms with van der Waals surface area (Å²) in [5, 5.41) is 2.34. The molecule has 1 atom stereocenters. The van der Waals surface area contributed by atoms with Crippen molar-refractivity contribution in [2.24, 2.45) is 0 Å². The third kappa shape index (κ3) is 7.86. The summed E-state index contributed by atoms with van der Waals surface area (Å²) in [6.45, 7) is 0.700. The van der Waals surface area contributed by atoms with Crippen molar-refractivity contribution >= 4 is 55.1 Å². The van der Waals surface area contributed by atoms with Crippen LogP contribution in [0.4, 0.5) is 18.9 Å². The van der Waals surface area contributed by atoms with E-state index in [1.807, 2.05) is 0 Å². The highest BCUT2D eigenvalue weighted by Gasteiger charge is 2.36. The minimum Gasteiger partial charge on any atom is -0.352 e. The van der Waals surface area contributed by atoms with Crippen molar-refractivity contribution in [3.63, 3.8) is 0 Å². The highest BCUT2D eigenvalue weighted by atomic mass is 79.9. The average Bonchev–Trinajstić information content (AvgIpc) is 3.32. The Morgan fingerprint density at radius 3 is 2.39 bits per heavy atom. The molecule has 3 rings (SSSR count). The Labute approximate surface area is 233 Å². The first kappa shape index (κ1) is 30.2. The van der Waals surface area contributed by atoms with Crippen molar-refractivity contribution in [2.75, 3.05) is 17.1 Å². The van der Waals surface area contributed by atoms with Crippen LogP contribution in [0.15, 0.2) is 46.9 Å². The molecule has 1 fully saturated rings. The highest BCUT2D eigenvalue weighted by molar-refractivity contribution is 9.10. The van der Waals surface area contributed by atoms with Crippen molar-refractivity contribution < 1.29 is 31.2 Å². The molecular formula is C25H28BrClF3N3O4S. The van der Waals surface area contributed by atoms with Crippen molar-refractivity contribution in [3.05, 3.63) is 63.1 Å². The third-order valence-electron chi connectivity index (χ3n) is 6.33. The molecule has 1 N–H and O–H groups in total. The molecule has 208 valence electrons. The molecule has 0 bridgehead atoms. The summed E-state index contributed by atoms with van der Waals surface area (Å²) in [7, 11) is -4.20. The second-order valence-electron chi connectivity index (χ2n) is 9.25. The van der Waals surface area contributed by atoms with Crippen LogP contribution < -0.4 is 9.62 Å². The number of alkyl halides is 3. The summed E-state index contributed by atoms with van der Waals surface area (Å²) in [6, 6.07) is 8.68. The molecule has 0 aromatic heterocycles. The Balaban J connectivity index is 1.94. The molecule has 0 saturated heterocycles. The van der Waals surface area contributed by atoms with Gasteiger partial charge in [-0.2, -0.15) is 13.2 Å². The van der Waals surface area contributed by atoms with E-state index in [1.54, 1.807) is 24.3 Å². The topological polar surface area (TPSA) is 86.8 Å². The van der Waals surface area contributed by atoms with Gasteiger partial charge in [0, 0.05) is 17.1 Å². The summed E-state index contributed by atoms with van der Waals surface area (Å²) >= 11 is 9.06. The molecule has 2 amide bonds. The number of hydrogen-bond donors (Lipinski definition) is 1. The number of nitrogens with one attached hydrogen (secondary N) is 1. The van der Waals surface area contributed by atoms with Gasteiger partial charge in [0.2, 0.25) is 21.8 Å². The number of amides is 2. The van der Waals surface area contributed by atoms with Crippen LogP contribution >= 0.6 is 27.5 Å². The molecule has 0 spiro atoms. The molecule has 0 aliphatic heterocycles. The number of halogens is 5. The summed E-state index contributed by atoms with van der Waals surface area (Å²) in [5.41, 5.74) is -0.930. The fraction of sp³-hybridized carbons (Fsp3) is 0.440. The molecule has 2 aromatic rings. The van der Waals surface area contributed by atoms with Crippen LogP contribution in [0.3, 0.4) is 0 Å². The van der Waals surface area contributed by atoms with E-state index in [2.05, 4.69) is 21.2 Å². The molecule has 1 aliphatic rings. The number of carbonyl (C=O) groups excluding carboxylic acids is 2. The second-order valence-corrected chi connectivity index (χ2v) is 12.5. The van der Waals surface area contributed by atoms with Gasteiger partial charge in [-0.3, -0.25) is 13.9 Å². The van der Waals surface area contributed by atoms with E-state index in [-0.39, 0.29) is 18.3 Å². The van der Waals surface area contributed by atoms with Gasteiger partial charge in [-0.1, -0.05) is 52.5 Å². The maximum atomic E-state index is 13.6. The summed E-state index contributed by atoms with van der Waals surface area (Å²) < 4.78 is 66.9. The predicted octanol–water partition coefficient (Wildman–Crippen LogP) is 5.36. The zero-order chi connectivity index (χ0) is 28.3. The lowest BCUT2D eigenvalue weighted by molar-refractivity contribution is -0.139. The Morgan fingerprint density at radius 1 is 1.16 bits per heavy atom. The quantitative estimate of drug-likeness (QED) is 0.401. The van der Waals surface area contributed by atoms with Gasteiger partial charge < -0.3 is 10.2 Å². The first-order valence-electron chi connectivity index (χ1n) is 11.9. The van der Waals surface area contributed by atoms with E-state index in [0.29, 0.717) is 15.9 Å². The molecule has 0 heterocycles. The van der Waals surface area contributed by atoms with Gasteiger partial charge in [-0.05, 0) is 55.7 Å². The number of sulfonamides is 1. The Morgan fingerprint density at radius 2 is 1.82 bits per heavy atom. The standard InChI is InChI=1S/C25H28BrClF3N3O4S/c1-16(24(35)31-19-8-3-4-9-19)32(14-17-6-5-7-18(26)12-17)23(34)15-33(38(2,36)37)20-10-11-22(27)21(13-20)25(28,29)30/h5-7,10-13,16,19H,3-4,8-9,14-15H2,1-2H3,(H,31,35)/t16-/m0/s1. The lowest BCUT2D eigenvalue weighted by atomic mass is 10.1. The van der Waals surface area contributed by atoms with E-state index in [9.17, 15) is 31.2 Å². The number of anilines is 1. The first-order valence-corrected chi connectivity index (χ1v) is 14.9. The van der Waals surface area contributed by atoms with Gasteiger partial charge in [0.1, 0.15) is 12.6 Å². The summed E-state index contributed by atoms with van der Waals surface area (Å²) in [5.74, 6) is -1.15. The summed E-state index contributed by atoms with van der Waals surface area (Å²) in [6.07, 6.45) is -0.401. The van der Waals surface area contributed by atoms with Crippen molar-refractivity contribution in [1.82, 2.24) is 10.2 Å². The van der Waals surface area contributed by atoms with Crippen molar-refractivity contribution in [2.45, 2.75) is 57.4 Å². The molecule has 13 heteroatoms. The maximum Gasteiger partial charge on any atom is 0.417 e. The van der Waals surface area contributed by atoms with E-state index < -0.39 is 51.2 Å². The fourth-order valence-electron chi connectivity index (χ4n) is 4.31. The number of hydrogen-bond acceptors (Lipinski definition) is 4. The predicted molar refractivity (Wildman–Crippen MR) is 143 cm³/mol. The zero-order valence-corrected chi connectivity index (χ0v) is 23.9. The molecule has 0 radical (unpaired) electrons. The number of nitrogens with zero attached hydrogens (tertiary/aromatic N) is 2.